The van der Waals surface area contributed by atoms with Gasteiger partial charge in [0.1, 0.15) is 5.69 Å². The number of anilines is 1. The van der Waals surface area contributed by atoms with Gasteiger partial charge in [-0.2, -0.15) is 10.2 Å². The molecule has 112 valence electrons. The fourth-order valence-electron chi connectivity index (χ4n) is 1.92. The number of aromatic nitrogens is 4. The summed E-state index contributed by atoms with van der Waals surface area (Å²) >= 11 is 6.66. The molecule has 3 aromatic rings. The Labute approximate surface area is 143 Å². The molecular weight excluding hydrogens is 414 g/mol. The van der Waals surface area contributed by atoms with E-state index in [9.17, 15) is 4.79 Å². The largest absolute Gasteiger partial charge is 0.318 e. The first-order valence-electron chi connectivity index (χ1n) is 6.39. The van der Waals surface area contributed by atoms with Gasteiger partial charge in [0, 0.05) is 10.7 Å². The number of H-pyrrole nitrogens is 1. The molecule has 3 rings (SSSR count). The molecule has 0 aliphatic heterocycles. The highest BCUT2D eigenvalue weighted by molar-refractivity contribution is 9.10. The van der Waals surface area contributed by atoms with Crippen molar-refractivity contribution in [3.63, 3.8) is 0 Å². The first kappa shape index (κ1) is 15.0. The minimum atomic E-state index is -0.271. The Morgan fingerprint density at radius 2 is 2.00 bits per heavy atom. The lowest BCUT2D eigenvalue weighted by molar-refractivity contribution is 0.102. The molecule has 0 saturated carbocycles. The number of hydrogen-bond donors (Lipinski definition) is 2. The van der Waals surface area contributed by atoms with Crippen LogP contribution in [0.25, 0.3) is 0 Å². The fourth-order valence-corrected chi connectivity index (χ4v) is 2.55. The van der Waals surface area contributed by atoms with E-state index >= 15 is 0 Å². The number of amides is 1. The van der Waals surface area contributed by atoms with Crippen LogP contribution in [-0.4, -0.2) is 25.9 Å². The minimum absolute atomic E-state index is 0.271. The molecule has 2 aromatic heterocycles. The van der Waals surface area contributed by atoms with Gasteiger partial charge in [-0.05, 0) is 33.6 Å². The third-order valence-corrected chi connectivity index (χ3v) is 4.10. The minimum Gasteiger partial charge on any atom is -0.318 e. The van der Waals surface area contributed by atoms with Crippen LogP contribution >= 0.6 is 31.9 Å². The van der Waals surface area contributed by atoms with Crippen LogP contribution in [0.3, 0.4) is 0 Å². The SMILES string of the molecule is O=C(Nc1cnn(Cc2ccc(Br)cc2)c1)c1[nH]ncc1Br. The maximum Gasteiger partial charge on any atom is 0.274 e. The molecular formula is C14H11Br2N5O. The highest BCUT2D eigenvalue weighted by Gasteiger charge is 2.13. The molecule has 2 heterocycles. The monoisotopic (exact) mass is 423 g/mol. The Bertz CT molecular complexity index is 794. The smallest absolute Gasteiger partial charge is 0.274 e. The van der Waals surface area contributed by atoms with Crippen molar-refractivity contribution in [1.82, 2.24) is 20.0 Å². The molecule has 0 spiro atoms. The summed E-state index contributed by atoms with van der Waals surface area (Å²) in [6, 6.07) is 8.01. The second-order valence-corrected chi connectivity index (χ2v) is 6.37. The summed E-state index contributed by atoms with van der Waals surface area (Å²) in [5.74, 6) is -0.271. The lowest BCUT2D eigenvalue weighted by Gasteiger charge is -2.02. The van der Waals surface area contributed by atoms with Crippen molar-refractivity contribution in [3.05, 3.63) is 63.1 Å². The zero-order chi connectivity index (χ0) is 15.5. The van der Waals surface area contributed by atoms with Gasteiger partial charge < -0.3 is 5.32 Å². The number of rotatable bonds is 4. The molecule has 0 radical (unpaired) electrons. The maximum absolute atomic E-state index is 12.0. The summed E-state index contributed by atoms with van der Waals surface area (Å²) in [4.78, 5) is 12.0. The molecule has 0 aliphatic rings. The Morgan fingerprint density at radius 3 is 2.68 bits per heavy atom. The van der Waals surface area contributed by atoms with Crippen molar-refractivity contribution < 1.29 is 4.79 Å². The van der Waals surface area contributed by atoms with Gasteiger partial charge in [-0.1, -0.05) is 28.1 Å². The number of nitrogens with one attached hydrogen (secondary N) is 2. The molecule has 1 amide bonds. The second-order valence-electron chi connectivity index (χ2n) is 4.60. The van der Waals surface area contributed by atoms with Gasteiger partial charge in [0.05, 0.1) is 29.1 Å². The quantitative estimate of drug-likeness (QED) is 0.673. The highest BCUT2D eigenvalue weighted by Crippen LogP contribution is 2.16. The summed E-state index contributed by atoms with van der Waals surface area (Å²) in [6.45, 7) is 0.636. The first-order chi connectivity index (χ1) is 10.6. The van der Waals surface area contributed by atoms with Crippen LogP contribution in [0.5, 0.6) is 0 Å². The molecule has 6 nitrogen and oxygen atoms in total. The molecule has 22 heavy (non-hydrogen) atoms. The molecule has 0 aliphatic carbocycles. The van der Waals surface area contributed by atoms with Crippen LogP contribution in [0.2, 0.25) is 0 Å². The van der Waals surface area contributed by atoms with Gasteiger partial charge in [0.2, 0.25) is 0 Å². The molecule has 8 heteroatoms. The lowest BCUT2D eigenvalue weighted by atomic mass is 10.2. The van der Waals surface area contributed by atoms with Crippen molar-refractivity contribution >= 4 is 43.5 Å². The van der Waals surface area contributed by atoms with Crippen LogP contribution in [0, 0.1) is 0 Å². The van der Waals surface area contributed by atoms with Gasteiger partial charge in [0.15, 0.2) is 0 Å². The Morgan fingerprint density at radius 1 is 1.23 bits per heavy atom. The number of carbonyl (C=O) groups excluding carboxylic acids is 1. The Kier molecular flexibility index (Phi) is 4.39. The summed E-state index contributed by atoms with van der Waals surface area (Å²) in [5.41, 5.74) is 2.13. The average Bonchev–Trinajstić information content (AvgIpc) is 3.10. The summed E-state index contributed by atoms with van der Waals surface area (Å²) < 4.78 is 3.42. The third kappa shape index (κ3) is 3.45. The van der Waals surface area contributed by atoms with E-state index in [0.29, 0.717) is 22.4 Å². The van der Waals surface area contributed by atoms with E-state index in [2.05, 4.69) is 52.5 Å². The molecule has 0 fully saturated rings. The average molecular weight is 425 g/mol. The molecule has 2 N–H and O–H groups in total. The predicted octanol–water partition coefficient (Wildman–Crippen LogP) is 3.43. The van der Waals surface area contributed by atoms with E-state index in [-0.39, 0.29) is 5.91 Å². The van der Waals surface area contributed by atoms with E-state index in [4.69, 9.17) is 0 Å². The zero-order valence-corrected chi connectivity index (χ0v) is 14.4. The number of benzene rings is 1. The maximum atomic E-state index is 12.0. The van der Waals surface area contributed by atoms with E-state index in [1.807, 2.05) is 24.3 Å². The normalized spacial score (nSPS) is 10.6. The van der Waals surface area contributed by atoms with Crippen LogP contribution in [0.1, 0.15) is 16.1 Å². The van der Waals surface area contributed by atoms with E-state index in [1.165, 1.54) is 6.20 Å². The number of nitrogens with zero attached hydrogens (tertiary/aromatic N) is 3. The van der Waals surface area contributed by atoms with Gasteiger partial charge in [0.25, 0.3) is 5.91 Å². The number of aromatic amines is 1. The lowest BCUT2D eigenvalue weighted by Crippen LogP contribution is -2.12. The predicted molar refractivity (Wildman–Crippen MR) is 89.7 cm³/mol. The van der Waals surface area contributed by atoms with E-state index in [1.54, 1.807) is 17.1 Å². The van der Waals surface area contributed by atoms with E-state index < -0.39 is 0 Å². The Balaban J connectivity index is 1.67. The second kappa shape index (κ2) is 6.45. The summed E-state index contributed by atoms with van der Waals surface area (Å²) in [5, 5.41) is 13.4. The number of carbonyl (C=O) groups is 1. The van der Waals surface area contributed by atoms with Gasteiger partial charge in [-0.3, -0.25) is 14.6 Å². The molecule has 1 aromatic carbocycles. The summed E-state index contributed by atoms with van der Waals surface area (Å²) in [7, 11) is 0. The first-order valence-corrected chi connectivity index (χ1v) is 7.97. The van der Waals surface area contributed by atoms with Crippen LogP contribution in [-0.2, 0) is 6.54 Å². The van der Waals surface area contributed by atoms with Crippen LogP contribution in [0.4, 0.5) is 5.69 Å². The van der Waals surface area contributed by atoms with Crippen molar-refractivity contribution in [1.29, 1.82) is 0 Å². The molecule has 0 unspecified atom stereocenters. The van der Waals surface area contributed by atoms with Crippen LogP contribution < -0.4 is 5.32 Å². The van der Waals surface area contributed by atoms with Gasteiger partial charge >= 0.3 is 0 Å². The van der Waals surface area contributed by atoms with Crippen LogP contribution in [0.15, 0.2) is 51.8 Å². The van der Waals surface area contributed by atoms with Crippen molar-refractivity contribution in [3.8, 4) is 0 Å². The van der Waals surface area contributed by atoms with Crippen molar-refractivity contribution in [2.75, 3.05) is 5.32 Å². The van der Waals surface area contributed by atoms with Gasteiger partial charge in [-0.25, -0.2) is 0 Å². The molecule has 0 atom stereocenters. The van der Waals surface area contributed by atoms with Crippen molar-refractivity contribution in [2.24, 2.45) is 0 Å². The Hall–Kier alpha value is -1.93. The summed E-state index contributed by atoms with van der Waals surface area (Å²) in [6.07, 6.45) is 4.93. The highest BCUT2D eigenvalue weighted by atomic mass is 79.9. The molecule has 0 bridgehead atoms. The molecule has 0 saturated heterocycles. The number of hydrogen-bond acceptors (Lipinski definition) is 3. The standard InChI is InChI=1S/C14H11Br2N5O/c15-10-3-1-9(2-4-10)7-21-8-11(5-18-21)19-14(22)13-12(16)6-17-20-13/h1-6,8H,7H2,(H,17,20)(H,19,22). The topological polar surface area (TPSA) is 75.6 Å². The third-order valence-electron chi connectivity index (χ3n) is 2.97. The van der Waals surface area contributed by atoms with E-state index in [0.717, 1.165) is 10.0 Å². The van der Waals surface area contributed by atoms with Crippen molar-refractivity contribution in [2.45, 2.75) is 6.54 Å². The fraction of sp³-hybridized carbons (Fsp3) is 0.0714. The zero-order valence-electron chi connectivity index (χ0n) is 11.3. The number of halogens is 2. The van der Waals surface area contributed by atoms with Gasteiger partial charge in [-0.15, -0.1) is 0 Å².